The molecule has 0 aliphatic carbocycles. The molecule has 1 amide bonds. The Morgan fingerprint density at radius 1 is 1.24 bits per heavy atom. The fraction of sp³-hybridized carbons (Fsp3) is 0.188. The van der Waals surface area contributed by atoms with Crippen LogP contribution in [0.1, 0.15) is 22.3 Å². The zero-order chi connectivity index (χ0) is 18.2. The highest BCUT2D eigenvalue weighted by molar-refractivity contribution is 9.10. The summed E-state index contributed by atoms with van der Waals surface area (Å²) in [5.74, 6) is -1.08. The van der Waals surface area contributed by atoms with Gasteiger partial charge in [-0.25, -0.2) is 0 Å². The van der Waals surface area contributed by atoms with Gasteiger partial charge in [-0.1, -0.05) is 28.1 Å². The molecule has 0 unspecified atom stereocenters. The lowest BCUT2D eigenvalue weighted by Crippen LogP contribution is -2.56. The van der Waals surface area contributed by atoms with Crippen molar-refractivity contribution in [3.05, 3.63) is 64.4 Å². The normalized spacial score (nSPS) is 20.5. The third-order valence-corrected chi connectivity index (χ3v) is 4.25. The number of alkyl halides is 3. The van der Waals surface area contributed by atoms with Crippen molar-refractivity contribution in [1.29, 1.82) is 0 Å². The smallest absolute Gasteiger partial charge is 0.362 e. The van der Waals surface area contributed by atoms with Crippen molar-refractivity contribution in [2.24, 2.45) is 5.10 Å². The number of hydrogen-bond donors (Lipinski definition) is 1. The van der Waals surface area contributed by atoms with Crippen molar-refractivity contribution in [1.82, 2.24) is 9.99 Å². The molecule has 1 aromatic heterocycles. The number of carbonyl (C=O) groups excluding carboxylic acids is 1. The van der Waals surface area contributed by atoms with E-state index in [0.29, 0.717) is 5.56 Å². The Balaban J connectivity index is 2.04. The highest BCUT2D eigenvalue weighted by Crippen LogP contribution is 2.42. The molecule has 2 heterocycles. The molecule has 9 heteroatoms. The summed E-state index contributed by atoms with van der Waals surface area (Å²) in [5.41, 5.74) is -3.18. The van der Waals surface area contributed by atoms with E-state index in [9.17, 15) is 23.1 Å². The average Bonchev–Trinajstić information content (AvgIpc) is 2.94. The summed E-state index contributed by atoms with van der Waals surface area (Å²) in [7, 11) is 0. The number of benzene rings is 1. The van der Waals surface area contributed by atoms with Gasteiger partial charge in [0, 0.05) is 16.9 Å². The molecule has 1 aliphatic rings. The Hall–Kier alpha value is -2.26. The molecule has 130 valence electrons. The summed E-state index contributed by atoms with van der Waals surface area (Å²) in [6.07, 6.45) is -3.44. The van der Waals surface area contributed by atoms with Gasteiger partial charge in [0.25, 0.3) is 11.6 Å². The van der Waals surface area contributed by atoms with Crippen molar-refractivity contribution >= 4 is 27.5 Å². The van der Waals surface area contributed by atoms with E-state index in [1.54, 1.807) is 24.3 Å². The number of aromatic nitrogens is 1. The first-order valence-corrected chi connectivity index (χ1v) is 7.89. The largest absolute Gasteiger partial charge is 0.438 e. The van der Waals surface area contributed by atoms with Crippen molar-refractivity contribution in [3.8, 4) is 0 Å². The third kappa shape index (κ3) is 3.16. The molecule has 3 rings (SSSR count). The Morgan fingerprint density at radius 3 is 2.48 bits per heavy atom. The van der Waals surface area contributed by atoms with Gasteiger partial charge in [-0.3, -0.25) is 9.78 Å². The van der Waals surface area contributed by atoms with E-state index < -0.39 is 24.2 Å². The minimum Gasteiger partial charge on any atom is -0.362 e. The first-order valence-electron chi connectivity index (χ1n) is 7.09. The number of hydrogen-bond acceptors (Lipinski definition) is 4. The van der Waals surface area contributed by atoms with Gasteiger partial charge < -0.3 is 5.11 Å². The molecule has 0 bridgehead atoms. The lowest BCUT2D eigenvalue weighted by molar-refractivity contribution is -0.297. The van der Waals surface area contributed by atoms with Gasteiger partial charge in [0.2, 0.25) is 0 Å². The molecule has 0 saturated heterocycles. The Bertz CT molecular complexity index is 825. The van der Waals surface area contributed by atoms with E-state index in [4.69, 9.17) is 0 Å². The number of aliphatic hydroxyl groups is 1. The predicted octanol–water partition coefficient (Wildman–Crippen LogP) is 3.35. The Kier molecular flexibility index (Phi) is 4.38. The SMILES string of the molecule is O=C(c1cccnc1)N1N=C(c2ccc(Br)cc2)C[C@]1(O)C(F)(F)F. The maximum Gasteiger partial charge on any atom is 0.438 e. The summed E-state index contributed by atoms with van der Waals surface area (Å²) in [5, 5.41) is 14.1. The van der Waals surface area contributed by atoms with Crippen LogP contribution in [0.2, 0.25) is 0 Å². The fourth-order valence-electron chi connectivity index (χ4n) is 2.39. The monoisotopic (exact) mass is 413 g/mol. The predicted molar refractivity (Wildman–Crippen MR) is 86.7 cm³/mol. The number of hydrazone groups is 1. The van der Waals surface area contributed by atoms with Gasteiger partial charge in [-0.2, -0.15) is 23.3 Å². The lowest BCUT2D eigenvalue weighted by Gasteiger charge is -2.32. The van der Waals surface area contributed by atoms with Crippen molar-refractivity contribution in [3.63, 3.8) is 0 Å². The summed E-state index contributed by atoms with van der Waals surface area (Å²) in [6.45, 7) is 0. The van der Waals surface area contributed by atoms with Gasteiger partial charge in [0.1, 0.15) is 0 Å². The molecule has 1 aliphatic heterocycles. The third-order valence-electron chi connectivity index (χ3n) is 3.72. The van der Waals surface area contributed by atoms with Crippen LogP contribution in [0.5, 0.6) is 0 Å². The molecule has 1 N–H and O–H groups in total. The topological polar surface area (TPSA) is 65.8 Å². The zero-order valence-corrected chi connectivity index (χ0v) is 14.1. The second kappa shape index (κ2) is 6.23. The molecule has 0 fully saturated rings. The van der Waals surface area contributed by atoms with Crippen LogP contribution >= 0.6 is 15.9 Å². The van der Waals surface area contributed by atoms with Gasteiger partial charge >= 0.3 is 6.18 Å². The lowest BCUT2D eigenvalue weighted by atomic mass is 10.0. The molecule has 5 nitrogen and oxygen atoms in total. The molecule has 25 heavy (non-hydrogen) atoms. The van der Waals surface area contributed by atoms with Gasteiger partial charge in [0.05, 0.1) is 17.7 Å². The van der Waals surface area contributed by atoms with Gasteiger partial charge in [-0.15, -0.1) is 0 Å². The molecular weight excluding hydrogens is 403 g/mol. The van der Waals surface area contributed by atoms with Crippen LogP contribution in [0.25, 0.3) is 0 Å². The van der Waals surface area contributed by atoms with Crippen molar-refractivity contribution < 1.29 is 23.1 Å². The van der Waals surface area contributed by atoms with E-state index in [1.807, 2.05) is 0 Å². The fourth-order valence-corrected chi connectivity index (χ4v) is 2.66. The standard InChI is InChI=1S/C16H11BrF3N3O2/c17-12-5-3-10(4-6-12)13-8-15(25,16(18,19)20)23(22-13)14(24)11-2-1-7-21-9-11/h1-7,9,25H,8H2/t15-/m0/s1. The highest BCUT2D eigenvalue weighted by Gasteiger charge is 2.63. The molecule has 0 spiro atoms. The van der Waals surface area contributed by atoms with E-state index in [-0.39, 0.29) is 16.3 Å². The second-order valence-corrected chi connectivity index (χ2v) is 6.32. The number of pyridine rings is 1. The van der Waals surface area contributed by atoms with Crippen LogP contribution in [-0.2, 0) is 0 Å². The Morgan fingerprint density at radius 2 is 1.92 bits per heavy atom. The van der Waals surface area contributed by atoms with Crippen LogP contribution < -0.4 is 0 Å². The van der Waals surface area contributed by atoms with E-state index in [1.165, 1.54) is 18.3 Å². The molecule has 1 atom stereocenters. The van der Waals surface area contributed by atoms with Crippen LogP contribution in [-0.4, -0.2) is 38.6 Å². The minimum atomic E-state index is -5.08. The number of carbonyl (C=O) groups is 1. The summed E-state index contributed by atoms with van der Waals surface area (Å²) in [6, 6.07) is 9.09. The molecular formula is C16H11BrF3N3O2. The minimum absolute atomic E-state index is 0.0374. The molecule has 0 saturated carbocycles. The number of nitrogens with zero attached hydrogens (tertiary/aromatic N) is 3. The van der Waals surface area contributed by atoms with Crippen molar-refractivity contribution in [2.45, 2.75) is 18.3 Å². The number of halogens is 4. The van der Waals surface area contributed by atoms with Crippen LogP contribution in [0, 0.1) is 0 Å². The van der Waals surface area contributed by atoms with Crippen LogP contribution in [0.4, 0.5) is 13.2 Å². The summed E-state index contributed by atoms with van der Waals surface area (Å²) < 4.78 is 41.2. The molecule has 1 aromatic carbocycles. The van der Waals surface area contributed by atoms with Crippen molar-refractivity contribution in [2.75, 3.05) is 0 Å². The van der Waals surface area contributed by atoms with E-state index >= 15 is 0 Å². The maximum absolute atomic E-state index is 13.5. The van der Waals surface area contributed by atoms with Crippen LogP contribution in [0.3, 0.4) is 0 Å². The van der Waals surface area contributed by atoms with Gasteiger partial charge in [0.15, 0.2) is 0 Å². The summed E-state index contributed by atoms with van der Waals surface area (Å²) in [4.78, 5) is 16.2. The molecule has 2 aromatic rings. The molecule has 0 radical (unpaired) electrons. The first kappa shape index (κ1) is 17.6. The van der Waals surface area contributed by atoms with E-state index in [2.05, 4.69) is 26.0 Å². The maximum atomic E-state index is 13.5. The number of amides is 1. The van der Waals surface area contributed by atoms with E-state index in [0.717, 1.165) is 10.7 Å². The average molecular weight is 414 g/mol. The zero-order valence-electron chi connectivity index (χ0n) is 12.5. The Labute approximate surface area is 148 Å². The quantitative estimate of drug-likeness (QED) is 0.820. The summed E-state index contributed by atoms with van der Waals surface area (Å²) >= 11 is 3.23. The first-order chi connectivity index (χ1) is 11.7. The van der Waals surface area contributed by atoms with Gasteiger partial charge in [-0.05, 0) is 29.8 Å². The number of rotatable bonds is 2. The highest BCUT2D eigenvalue weighted by atomic mass is 79.9. The van der Waals surface area contributed by atoms with Crippen LogP contribution in [0.15, 0.2) is 58.4 Å². The second-order valence-electron chi connectivity index (χ2n) is 5.40.